The van der Waals surface area contributed by atoms with Crippen LogP contribution in [0.5, 0.6) is 0 Å². The Labute approximate surface area is 116 Å². The van der Waals surface area contributed by atoms with Gasteiger partial charge in [-0.3, -0.25) is 4.79 Å². The number of amides is 1. The van der Waals surface area contributed by atoms with Gasteiger partial charge in [-0.15, -0.1) is 0 Å². The minimum absolute atomic E-state index is 0.0164. The van der Waals surface area contributed by atoms with E-state index >= 15 is 0 Å². The van der Waals surface area contributed by atoms with Gasteiger partial charge in [-0.2, -0.15) is 0 Å². The molecule has 1 rings (SSSR count). The monoisotopic (exact) mass is 262 g/mol. The van der Waals surface area contributed by atoms with Crippen LogP contribution in [-0.2, 0) is 4.79 Å². The van der Waals surface area contributed by atoms with Crippen molar-refractivity contribution in [2.24, 2.45) is 17.1 Å². The first-order valence-corrected chi connectivity index (χ1v) is 6.89. The normalized spacial score (nSPS) is 14.8. The Balaban J connectivity index is 2.62. The molecule has 0 aliphatic heterocycles. The van der Waals surface area contributed by atoms with Crippen LogP contribution < -0.4 is 11.1 Å². The summed E-state index contributed by atoms with van der Waals surface area (Å²) in [6, 6.07) is 9.99. The van der Waals surface area contributed by atoms with E-state index in [9.17, 15) is 4.79 Å². The number of nitrogens with one attached hydrogen (secondary N) is 1. The highest BCUT2D eigenvalue weighted by Crippen LogP contribution is 2.24. The van der Waals surface area contributed by atoms with E-state index in [2.05, 4.69) is 26.1 Å². The summed E-state index contributed by atoms with van der Waals surface area (Å²) in [5.74, 6) is -0.0695. The molecule has 0 aromatic heterocycles. The maximum atomic E-state index is 12.2. The molecular formula is C16H26N2O. The second-order valence-electron chi connectivity index (χ2n) is 6.34. The summed E-state index contributed by atoms with van der Waals surface area (Å²) < 4.78 is 0. The lowest BCUT2D eigenvalue weighted by Gasteiger charge is -2.25. The largest absolute Gasteiger partial charge is 0.349 e. The molecule has 1 amide bonds. The molecule has 3 N–H and O–H groups in total. The summed E-state index contributed by atoms with van der Waals surface area (Å²) in [4.78, 5) is 12.2. The van der Waals surface area contributed by atoms with Crippen molar-refractivity contribution in [2.45, 2.75) is 40.2 Å². The molecular weight excluding hydrogens is 236 g/mol. The van der Waals surface area contributed by atoms with Crippen LogP contribution in [0.2, 0.25) is 0 Å². The molecule has 3 heteroatoms. The number of carbonyl (C=O) groups excluding carboxylic acids is 1. The average molecular weight is 262 g/mol. The molecule has 0 bridgehead atoms. The summed E-state index contributed by atoms with van der Waals surface area (Å²) in [5.41, 5.74) is 6.96. The quantitative estimate of drug-likeness (QED) is 0.857. The van der Waals surface area contributed by atoms with Gasteiger partial charge in [-0.1, -0.05) is 51.1 Å². The first-order chi connectivity index (χ1) is 8.83. The van der Waals surface area contributed by atoms with E-state index < -0.39 is 0 Å². The minimum atomic E-state index is -0.119. The highest BCUT2D eigenvalue weighted by molar-refractivity contribution is 5.79. The van der Waals surface area contributed by atoms with Crippen molar-refractivity contribution in [3.8, 4) is 0 Å². The predicted molar refractivity (Wildman–Crippen MR) is 79.6 cm³/mol. The molecule has 0 aliphatic carbocycles. The lowest BCUT2D eigenvalue weighted by Crippen LogP contribution is -2.38. The topological polar surface area (TPSA) is 55.1 Å². The molecule has 0 radical (unpaired) electrons. The third kappa shape index (κ3) is 5.43. The van der Waals surface area contributed by atoms with Crippen LogP contribution in [0.1, 0.15) is 45.7 Å². The van der Waals surface area contributed by atoms with Crippen molar-refractivity contribution in [3.63, 3.8) is 0 Å². The van der Waals surface area contributed by atoms with Crippen LogP contribution in [-0.4, -0.2) is 12.5 Å². The zero-order valence-electron chi connectivity index (χ0n) is 12.4. The Morgan fingerprint density at radius 2 is 1.84 bits per heavy atom. The Morgan fingerprint density at radius 3 is 2.32 bits per heavy atom. The van der Waals surface area contributed by atoms with Gasteiger partial charge in [0.2, 0.25) is 5.91 Å². The van der Waals surface area contributed by atoms with E-state index in [0.717, 1.165) is 12.0 Å². The number of carbonyl (C=O) groups is 1. The third-order valence-corrected chi connectivity index (χ3v) is 3.17. The second kappa shape index (κ2) is 6.71. The molecule has 0 heterocycles. The van der Waals surface area contributed by atoms with Gasteiger partial charge in [0, 0.05) is 6.54 Å². The molecule has 1 unspecified atom stereocenters. The van der Waals surface area contributed by atoms with Gasteiger partial charge >= 0.3 is 0 Å². The van der Waals surface area contributed by atoms with E-state index in [4.69, 9.17) is 5.73 Å². The fourth-order valence-corrected chi connectivity index (χ4v) is 2.18. The lowest BCUT2D eigenvalue weighted by atomic mass is 9.84. The van der Waals surface area contributed by atoms with Gasteiger partial charge < -0.3 is 11.1 Å². The summed E-state index contributed by atoms with van der Waals surface area (Å²) in [7, 11) is 0. The van der Waals surface area contributed by atoms with Crippen molar-refractivity contribution < 1.29 is 4.79 Å². The zero-order chi connectivity index (χ0) is 14.5. The Kier molecular flexibility index (Phi) is 5.55. The molecule has 0 fully saturated rings. The Hall–Kier alpha value is -1.35. The molecule has 1 aromatic carbocycles. The van der Waals surface area contributed by atoms with Gasteiger partial charge in [-0.25, -0.2) is 0 Å². The number of hydrogen-bond donors (Lipinski definition) is 2. The fourth-order valence-electron chi connectivity index (χ4n) is 2.18. The van der Waals surface area contributed by atoms with Crippen LogP contribution in [0.15, 0.2) is 30.3 Å². The second-order valence-corrected chi connectivity index (χ2v) is 6.34. The molecule has 106 valence electrons. The molecule has 1 aromatic rings. The van der Waals surface area contributed by atoms with Crippen LogP contribution >= 0.6 is 0 Å². The zero-order valence-corrected chi connectivity index (χ0v) is 12.4. The number of benzene rings is 1. The van der Waals surface area contributed by atoms with Gasteiger partial charge in [0.15, 0.2) is 0 Å². The van der Waals surface area contributed by atoms with E-state index in [-0.39, 0.29) is 23.3 Å². The highest BCUT2D eigenvalue weighted by Gasteiger charge is 2.24. The van der Waals surface area contributed by atoms with E-state index in [1.54, 1.807) is 0 Å². The van der Waals surface area contributed by atoms with Crippen molar-refractivity contribution in [2.75, 3.05) is 6.54 Å². The number of hydrogen-bond acceptors (Lipinski definition) is 2. The molecule has 0 saturated heterocycles. The first-order valence-electron chi connectivity index (χ1n) is 6.89. The summed E-state index contributed by atoms with van der Waals surface area (Å²) >= 11 is 0. The van der Waals surface area contributed by atoms with E-state index in [1.807, 2.05) is 37.3 Å². The molecule has 0 aliphatic rings. The van der Waals surface area contributed by atoms with E-state index in [0.29, 0.717) is 6.54 Å². The van der Waals surface area contributed by atoms with Crippen molar-refractivity contribution in [1.29, 1.82) is 0 Å². The van der Waals surface area contributed by atoms with E-state index in [1.165, 1.54) is 0 Å². The Bertz CT molecular complexity index is 395. The maximum absolute atomic E-state index is 12.2. The van der Waals surface area contributed by atoms with Crippen LogP contribution in [0.4, 0.5) is 0 Å². The SMILES string of the molecule is C[C@H](NC(=O)C(CN)CC(C)(C)C)c1ccccc1. The van der Waals surface area contributed by atoms with Gasteiger partial charge in [0.05, 0.1) is 12.0 Å². The van der Waals surface area contributed by atoms with Crippen molar-refractivity contribution in [1.82, 2.24) is 5.32 Å². The highest BCUT2D eigenvalue weighted by atomic mass is 16.1. The summed E-state index contributed by atoms with van der Waals surface area (Å²) in [6.07, 6.45) is 0.802. The van der Waals surface area contributed by atoms with Crippen molar-refractivity contribution in [3.05, 3.63) is 35.9 Å². The van der Waals surface area contributed by atoms with Crippen LogP contribution in [0.3, 0.4) is 0 Å². The number of rotatable bonds is 5. The predicted octanol–water partition coefficient (Wildman–Crippen LogP) is 2.87. The number of nitrogens with two attached hydrogens (primary N) is 1. The molecule has 0 spiro atoms. The van der Waals surface area contributed by atoms with Gasteiger partial charge in [-0.05, 0) is 24.3 Å². The molecule has 2 atom stereocenters. The van der Waals surface area contributed by atoms with Crippen LogP contribution in [0.25, 0.3) is 0 Å². The smallest absolute Gasteiger partial charge is 0.224 e. The maximum Gasteiger partial charge on any atom is 0.224 e. The summed E-state index contributed by atoms with van der Waals surface area (Å²) in [5, 5.41) is 3.05. The van der Waals surface area contributed by atoms with Gasteiger partial charge in [0.1, 0.15) is 0 Å². The van der Waals surface area contributed by atoms with Gasteiger partial charge in [0.25, 0.3) is 0 Å². The lowest BCUT2D eigenvalue weighted by molar-refractivity contribution is -0.126. The third-order valence-electron chi connectivity index (χ3n) is 3.17. The minimum Gasteiger partial charge on any atom is -0.349 e. The van der Waals surface area contributed by atoms with Crippen LogP contribution in [0, 0.1) is 11.3 Å². The fraction of sp³-hybridized carbons (Fsp3) is 0.562. The average Bonchev–Trinajstić information content (AvgIpc) is 2.35. The molecule has 19 heavy (non-hydrogen) atoms. The first kappa shape index (κ1) is 15.7. The Morgan fingerprint density at radius 1 is 1.26 bits per heavy atom. The molecule has 3 nitrogen and oxygen atoms in total. The standard InChI is InChI=1S/C16H26N2O/c1-12(13-8-6-5-7-9-13)18-15(19)14(11-17)10-16(2,3)4/h5-9,12,14H,10-11,17H2,1-4H3,(H,18,19)/t12-,14?/m0/s1. The molecule has 0 saturated carbocycles. The summed E-state index contributed by atoms with van der Waals surface area (Å²) in [6.45, 7) is 8.78. The van der Waals surface area contributed by atoms with Crippen molar-refractivity contribution >= 4 is 5.91 Å².